The average molecular weight is 536 g/mol. The second-order valence-corrected chi connectivity index (χ2v) is 10.2. The molecule has 0 saturated heterocycles. The number of nitrogens with zero attached hydrogens (tertiary/aromatic N) is 1. The van der Waals surface area contributed by atoms with Crippen molar-refractivity contribution >= 4 is 17.9 Å². The van der Waals surface area contributed by atoms with Gasteiger partial charge in [0.2, 0.25) is 5.91 Å². The van der Waals surface area contributed by atoms with Crippen LogP contribution in [0.1, 0.15) is 80.7 Å². The summed E-state index contributed by atoms with van der Waals surface area (Å²) in [5.74, 6) is 1.04. The van der Waals surface area contributed by atoms with Gasteiger partial charge in [-0.2, -0.15) is 0 Å². The number of benzene rings is 2. The Morgan fingerprint density at radius 1 is 0.865 bits per heavy atom. The number of amides is 1. The molecule has 6 heteroatoms. The zero-order chi connectivity index (χ0) is 29.1. The Bertz CT molecular complexity index is 710. The molecule has 5 N–H and O–H groups in total. The Morgan fingerprint density at radius 3 is 1.70 bits per heavy atom. The maximum Gasteiger partial charge on any atom is 0.231 e. The first kappa shape index (κ1) is 39.6. The molecule has 0 spiro atoms. The van der Waals surface area contributed by atoms with E-state index in [1.165, 1.54) is 10.5 Å². The zero-order valence-corrected chi connectivity index (χ0v) is 25.9. The number of carbonyl (C=O) groups is 1. The molecule has 0 aliphatic heterocycles. The smallest absolute Gasteiger partial charge is 0.231 e. The summed E-state index contributed by atoms with van der Waals surface area (Å²) in [4.78, 5) is 10.7. The van der Waals surface area contributed by atoms with Crippen LogP contribution in [-0.4, -0.2) is 41.1 Å². The van der Waals surface area contributed by atoms with Gasteiger partial charge < -0.3 is 16.6 Å². The molecule has 0 aromatic heterocycles. The van der Waals surface area contributed by atoms with Gasteiger partial charge in [0.1, 0.15) is 0 Å². The fraction of sp³-hybridized carbons (Fsp3) is 0.581. The Hall–Kier alpha value is -1.86. The second kappa shape index (κ2) is 28.7. The predicted octanol–water partition coefficient (Wildman–Crippen LogP) is 7.18. The summed E-state index contributed by atoms with van der Waals surface area (Å²) < 4.78 is 2.31. The van der Waals surface area contributed by atoms with E-state index in [1.54, 1.807) is 11.9 Å². The van der Waals surface area contributed by atoms with Crippen molar-refractivity contribution in [1.29, 1.82) is 0 Å². The summed E-state index contributed by atoms with van der Waals surface area (Å²) in [7, 11) is 0. The lowest BCUT2D eigenvalue weighted by molar-refractivity contribution is -0.116. The van der Waals surface area contributed by atoms with Crippen molar-refractivity contribution < 1.29 is 9.90 Å². The van der Waals surface area contributed by atoms with Gasteiger partial charge in [-0.1, -0.05) is 111 Å². The number of carbonyl (C=O) groups excluding carboxylic acids is 1. The molecule has 0 radical (unpaired) electrons. The maximum absolute atomic E-state index is 10.5. The first-order valence-electron chi connectivity index (χ1n) is 13.8. The quantitative estimate of drug-likeness (QED) is 0.265. The Kier molecular flexibility index (Phi) is 30.8. The first-order valence-corrected chi connectivity index (χ1v) is 14.6. The number of aliphatic hydroxyl groups is 1. The second-order valence-electron chi connectivity index (χ2n) is 9.06. The van der Waals surface area contributed by atoms with Gasteiger partial charge in [-0.25, -0.2) is 4.31 Å². The standard InChI is InChI=1S/C21H29NOS.C4H10.C2H6N2O.2C2H6/c1-18(2)15-16-22(24-21-11-7-4-8-12-21)17-20(23)14-13-19-9-5-3-6-10-19;1-4(2)3;3-1-2(4)5;2*1-2/h3-12,18,20,23H,13-17H2,1-2H3;4H,1-3H3;1,3H2,(H2,4,5);2*1-2H3. The highest BCUT2D eigenvalue weighted by molar-refractivity contribution is 7.97. The molecule has 2 rings (SSSR count). The summed E-state index contributed by atoms with van der Waals surface area (Å²) in [6, 6.07) is 20.8. The van der Waals surface area contributed by atoms with Crippen molar-refractivity contribution in [3.8, 4) is 0 Å². The van der Waals surface area contributed by atoms with Crippen LogP contribution < -0.4 is 11.5 Å². The van der Waals surface area contributed by atoms with Crippen LogP contribution >= 0.6 is 11.9 Å². The SMILES string of the molecule is CC.CC.CC(C)C.CC(C)CCN(CC(O)CCc1ccccc1)Sc1ccccc1.NCC(N)=O. The van der Waals surface area contributed by atoms with Gasteiger partial charge in [0, 0.05) is 18.0 Å². The molecule has 214 valence electrons. The molecule has 0 aliphatic carbocycles. The van der Waals surface area contributed by atoms with Crippen molar-refractivity contribution in [1.82, 2.24) is 4.31 Å². The normalized spacial score (nSPS) is 10.5. The van der Waals surface area contributed by atoms with Crippen LogP contribution in [-0.2, 0) is 11.2 Å². The minimum Gasteiger partial charge on any atom is -0.392 e. The minimum atomic E-state index is -0.468. The Balaban J connectivity index is -0.000000747. The summed E-state index contributed by atoms with van der Waals surface area (Å²) in [6.07, 6.45) is 2.58. The summed E-state index contributed by atoms with van der Waals surface area (Å²) in [6.45, 7) is 20.6. The van der Waals surface area contributed by atoms with Crippen LogP contribution in [0.2, 0.25) is 0 Å². The molecule has 0 aliphatic rings. The average Bonchev–Trinajstić information content (AvgIpc) is 2.89. The predicted molar refractivity (Wildman–Crippen MR) is 166 cm³/mol. The van der Waals surface area contributed by atoms with Crippen LogP contribution in [0.25, 0.3) is 0 Å². The van der Waals surface area contributed by atoms with E-state index in [9.17, 15) is 9.90 Å². The third-order valence-corrected chi connectivity index (χ3v) is 5.23. The molecule has 5 nitrogen and oxygen atoms in total. The topological polar surface area (TPSA) is 92.6 Å². The van der Waals surface area contributed by atoms with Gasteiger partial charge in [-0.15, -0.1) is 0 Å². The van der Waals surface area contributed by atoms with E-state index in [-0.39, 0.29) is 12.6 Å². The number of aryl methyl sites for hydroxylation is 1. The van der Waals surface area contributed by atoms with E-state index in [4.69, 9.17) is 5.73 Å². The van der Waals surface area contributed by atoms with Crippen LogP contribution in [0.5, 0.6) is 0 Å². The van der Waals surface area contributed by atoms with Crippen LogP contribution in [0, 0.1) is 11.8 Å². The van der Waals surface area contributed by atoms with E-state index in [0.29, 0.717) is 12.5 Å². The number of hydrogen-bond donors (Lipinski definition) is 3. The van der Waals surface area contributed by atoms with Gasteiger partial charge in [0.25, 0.3) is 0 Å². The molecule has 2 aromatic carbocycles. The van der Waals surface area contributed by atoms with E-state index in [1.807, 2.05) is 39.8 Å². The molecular formula is C31H57N3O2S. The lowest BCUT2D eigenvalue weighted by atomic mass is 10.1. The number of primary amides is 1. The van der Waals surface area contributed by atoms with Gasteiger partial charge in [-0.05, 0) is 60.7 Å². The number of nitrogens with two attached hydrogens (primary N) is 2. The molecule has 0 heterocycles. The van der Waals surface area contributed by atoms with Crippen molar-refractivity contribution in [2.75, 3.05) is 19.6 Å². The van der Waals surface area contributed by atoms with E-state index in [2.05, 4.69) is 93.2 Å². The summed E-state index contributed by atoms with van der Waals surface area (Å²) in [5.41, 5.74) is 10.5. The molecule has 0 fully saturated rings. The minimum absolute atomic E-state index is 0.0556. The third kappa shape index (κ3) is 30.3. The molecule has 1 atom stereocenters. The van der Waals surface area contributed by atoms with Crippen LogP contribution in [0.15, 0.2) is 65.6 Å². The molecule has 2 aromatic rings. The maximum atomic E-state index is 10.5. The monoisotopic (exact) mass is 535 g/mol. The fourth-order valence-corrected chi connectivity index (χ4v) is 3.53. The van der Waals surface area contributed by atoms with Gasteiger partial charge in [-0.3, -0.25) is 4.79 Å². The van der Waals surface area contributed by atoms with Gasteiger partial charge in [0.15, 0.2) is 0 Å². The Labute approximate surface area is 233 Å². The van der Waals surface area contributed by atoms with Crippen LogP contribution in [0.3, 0.4) is 0 Å². The number of rotatable bonds is 11. The van der Waals surface area contributed by atoms with Gasteiger partial charge in [0.05, 0.1) is 12.6 Å². The van der Waals surface area contributed by atoms with Crippen LogP contribution in [0.4, 0.5) is 0 Å². The molecule has 1 amide bonds. The first-order chi connectivity index (χ1) is 17.6. The molecular weight excluding hydrogens is 478 g/mol. The number of aliphatic hydroxyl groups excluding tert-OH is 1. The van der Waals surface area contributed by atoms with E-state index in [0.717, 1.165) is 31.7 Å². The molecule has 37 heavy (non-hydrogen) atoms. The fourth-order valence-electron chi connectivity index (χ4n) is 2.51. The zero-order valence-electron chi connectivity index (χ0n) is 25.1. The van der Waals surface area contributed by atoms with Crippen molar-refractivity contribution in [3.63, 3.8) is 0 Å². The number of hydrogen-bond acceptors (Lipinski definition) is 5. The molecule has 0 bridgehead atoms. The lowest BCUT2D eigenvalue weighted by Gasteiger charge is -2.24. The van der Waals surface area contributed by atoms with Crippen molar-refractivity contribution in [2.45, 2.75) is 92.6 Å². The van der Waals surface area contributed by atoms with E-state index >= 15 is 0 Å². The van der Waals surface area contributed by atoms with Crippen molar-refractivity contribution in [3.05, 3.63) is 66.2 Å². The largest absolute Gasteiger partial charge is 0.392 e. The molecule has 1 unspecified atom stereocenters. The third-order valence-electron chi connectivity index (χ3n) is 4.16. The Morgan fingerprint density at radius 2 is 1.30 bits per heavy atom. The summed E-state index contributed by atoms with van der Waals surface area (Å²) in [5, 5.41) is 10.5. The van der Waals surface area contributed by atoms with Crippen molar-refractivity contribution in [2.24, 2.45) is 23.3 Å². The lowest BCUT2D eigenvalue weighted by Crippen LogP contribution is -2.29. The van der Waals surface area contributed by atoms with Gasteiger partial charge >= 0.3 is 0 Å². The summed E-state index contributed by atoms with van der Waals surface area (Å²) >= 11 is 1.75. The van der Waals surface area contributed by atoms with E-state index < -0.39 is 5.91 Å². The highest BCUT2D eigenvalue weighted by atomic mass is 32.2. The molecule has 0 saturated carbocycles. The highest BCUT2D eigenvalue weighted by Gasteiger charge is 2.14. The highest BCUT2D eigenvalue weighted by Crippen LogP contribution is 2.24.